The largest absolute Gasteiger partial charge is 0.352 e. The van der Waals surface area contributed by atoms with Crippen molar-refractivity contribution in [2.75, 3.05) is 11.9 Å². The van der Waals surface area contributed by atoms with Crippen molar-refractivity contribution in [3.63, 3.8) is 0 Å². The van der Waals surface area contributed by atoms with E-state index in [1.165, 1.54) is 30.6 Å². The topological polar surface area (TPSA) is 66.9 Å². The molecule has 2 aromatic carbocycles. The van der Waals surface area contributed by atoms with Crippen LogP contribution in [-0.2, 0) is 6.42 Å². The molecule has 0 aliphatic rings. The van der Waals surface area contributed by atoms with E-state index in [1.54, 1.807) is 30.3 Å². The van der Waals surface area contributed by atoms with Crippen molar-refractivity contribution in [2.45, 2.75) is 6.42 Å². The van der Waals surface area contributed by atoms with E-state index in [9.17, 15) is 13.6 Å². The van der Waals surface area contributed by atoms with Gasteiger partial charge in [-0.2, -0.15) is 0 Å². The Hall–Kier alpha value is -3.35. The van der Waals surface area contributed by atoms with Gasteiger partial charge in [0.1, 0.15) is 11.6 Å². The number of aromatic nitrogens is 2. The maximum Gasteiger partial charge on any atom is 0.254 e. The van der Waals surface area contributed by atoms with Crippen molar-refractivity contribution in [3.05, 3.63) is 83.7 Å². The molecule has 26 heavy (non-hydrogen) atoms. The van der Waals surface area contributed by atoms with Crippen LogP contribution in [0.2, 0.25) is 0 Å². The van der Waals surface area contributed by atoms with Gasteiger partial charge in [0.05, 0.1) is 5.56 Å². The van der Waals surface area contributed by atoms with Crippen LogP contribution in [0.15, 0.2) is 60.9 Å². The minimum absolute atomic E-state index is 0.249. The number of anilines is 2. The fourth-order valence-corrected chi connectivity index (χ4v) is 2.32. The molecule has 0 atom stereocenters. The normalized spacial score (nSPS) is 10.4. The van der Waals surface area contributed by atoms with Crippen LogP contribution in [0.3, 0.4) is 0 Å². The highest BCUT2D eigenvalue weighted by Crippen LogP contribution is 2.13. The Morgan fingerprint density at radius 2 is 1.77 bits per heavy atom. The summed E-state index contributed by atoms with van der Waals surface area (Å²) in [5.41, 5.74) is 1.33. The standard InChI is InChI=1S/C19H16F2N4O/c20-15-5-3-6-16(10-15)25-19-23-11-14(12-24-19)18(26)22-9-8-13-4-1-2-7-17(13)21/h1-7,10-12H,8-9H2,(H,22,26)(H,23,24,25). The number of hydrogen-bond acceptors (Lipinski definition) is 4. The van der Waals surface area contributed by atoms with Crippen molar-refractivity contribution in [3.8, 4) is 0 Å². The van der Waals surface area contributed by atoms with Crippen LogP contribution in [-0.4, -0.2) is 22.4 Å². The van der Waals surface area contributed by atoms with Gasteiger partial charge in [0.2, 0.25) is 5.95 Å². The van der Waals surface area contributed by atoms with Crippen LogP contribution in [0, 0.1) is 11.6 Å². The Kier molecular flexibility index (Phi) is 5.48. The number of carbonyl (C=O) groups is 1. The molecule has 7 heteroatoms. The summed E-state index contributed by atoms with van der Waals surface area (Å²) in [5.74, 6) is -0.768. The summed E-state index contributed by atoms with van der Waals surface area (Å²) < 4.78 is 26.7. The number of hydrogen-bond donors (Lipinski definition) is 2. The second kappa shape index (κ2) is 8.15. The Balaban J connectivity index is 1.54. The first-order chi connectivity index (χ1) is 12.6. The highest BCUT2D eigenvalue weighted by atomic mass is 19.1. The number of nitrogens with zero attached hydrogens (tertiary/aromatic N) is 2. The molecular formula is C19H16F2N4O. The van der Waals surface area contributed by atoms with Crippen molar-refractivity contribution >= 4 is 17.5 Å². The molecule has 0 bridgehead atoms. The van der Waals surface area contributed by atoms with Crippen LogP contribution in [0.5, 0.6) is 0 Å². The van der Waals surface area contributed by atoms with E-state index in [0.717, 1.165) is 0 Å². The molecule has 0 aliphatic carbocycles. The van der Waals surface area contributed by atoms with Gasteiger partial charge in [-0.1, -0.05) is 24.3 Å². The molecule has 0 radical (unpaired) electrons. The molecule has 1 heterocycles. The van der Waals surface area contributed by atoms with E-state index in [0.29, 0.717) is 24.2 Å². The first kappa shape index (κ1) is 17.5. The van der Waals surface area contributed by atoms with Gasteiger partial charge in [-0.3, -0.25) is 4.79 Å². The number of carbonyl (C=O) groups excluding carboxylic acids is 1. The average Bonchev–Trinajstić information content (AvgIpc) is 2.64. The van der Waals surface area contributed by atoms with Gasteiger partial charge in [0.15, 0.2) is 0 Å². The number of nitrogens with one attached hydrogen (secondary N) is 2. The van der Waals surface area contributed by atoms with Crippen LogP contribution in [0.1, 0.15) is 15.9 Å². The molecule has 5 nitrogen and oxygen atoms in total. The maximum atomic E-state index is 13.5. The van der Waals surface area contributed by atoms with E-state index in [2.05, 4.69) is 20.6 Å². The van der Waals surface area contributed by atoms with E-state index in [1.807, 2.05) is 0 Å². The lowest BCUT2D eigenvalue weighted by Gasteiger charge is -2.07. The zero-order chi connectivity index (χ0) is 18.4. The van der Waals surface area contributed by atoms with Crippen molar-refractivity contribution < 1.29 is 13.6 Å². The van der Waals surface area contributed by atoms with E-state index < -0.39 is 0 Å². The Morgan fingerprint density at radius 1 is 1.00 bits per heavy atom. The molecule has 0 aliphatic heterocycles. The summed E-state index contributed by atoms with van der Waals surface area (Å²) in [7, 11) is 0. The van der Waals surface area contributed by atoms with Crippen LogP contribution in [0.4, 0.5) is 20.4 Å². The lowest BCUT2D eigenvalue weighted by Crippen LogP contribution is -2.26. The van der Waals surface area contributed by atoms with E-state index >= 15 is 0 Å². The summed E-state index contributed by atoms with van der Waals surface area (Å²) in [6.45, 7) is 0.295. The molecule has 0 saturated carbocycles. The monoisotopic (exact) mass is 354 g/mol. The van der Waals surface area contributed by atoms with Crippen LogP contribution >= 0.6 is 0 Å². The summed E-state index contributed by atoms with van der Waals surface area (Å²) in [5, 5.41) is 5.54. The maximum absolute atomic E-state index is 13.5. The predicted molar refractivity (Wildman–Crippen MR) is 94.2 cm³/mol. The van der Waals surface area contributed by atoms with Crippen molar-refractivity contribution in [1.82, 2.24) is 15.3 Å². The molecule has 0 unspecified atom stereocenters. The van der Waals surface area contributed by atoms with E-state index in [-0.39, 0.29) is 29.1 Å². The minimum atomic E-state index is -0.374. The fraction of sp³-hybridized carbons (Fsp3) is 0.105. The predicted octanol–water partition coefficient (Wildman–Crippen LogP) is 3.47. The second-order valence-corrected chi connectivity index (χ2v) is 5.53. The van der Waals surface area contributed by atoms with Gasteiger partial charge >= 0.3 is 0 Å². The number of halogens is 2. The molecule has 3 rings (SSSR count). The average molecular weight is 354 g/mol. The number of benzene rings is 2. The van der Waals surface area contributed by atoms with Gasteiger partial charge in [0.25, 0.3) is 5.91 Å². The number of rotatable bonds is 6. The number of amides is 1. The zero-order valence-corrected chi connectivity index (χ0v) is 13.7. The highest BCUT2D eigenvalue weighted by molar-refractivity contribution is 5.93. The molecule has 3 aromatic rings. The fourth-order valence-electron chi connectivity index (χ4n) is 2.32. The molecule has 1 amide bonds. The second-order valence-electron chi connectivity index (χ2n) is 5.53. The Labute approximate surface area is 149 Å². The van der Waals surface area contributed by atoms with E-state index in [4.69, 9.17) is 0 Å². The molecular weight excluding hydrogens is 338 g/mol. The minimum Gasteiger partial charge on any atom is -0.352 e. The smallest absolute Gasteiger partial charge is 0.254 e. The SMILES string of the molecule is O=C(NCCc1ccccc1F)c1cnc(Nc2cccc(F)c2)nc1. The third-order valence-corrected chi connectivity index (χ3v) is 3.63. The highest BCUT2D eigenvalue weighted by Gasteiger charge is 2.08. The summed E-state index contributed by atoms with van der Waals surface area (Å²) in [4.78, 5) is 20.2. The van der Waals surface area contributed by atoms with Crippen molar-refractivity contribution in [2.24, 2.45) is 0 Å². The van der Waals surface area contributed by atoms with Gasteiger partial charge in [-0.15, -0.1) is 0 Å². The lowest BCUT2D eigenvalue weighted by atomic mass is 10.1. The molecule has 1 aromatic heterocycles. The third kappa shape index (κ3) is 4.60. The Bertz CT molecular complexity index is 900. The summed E-state index contributed by atoms with van der Waals surface area (Å²) in [6.07, 6.45) is 3.12. The first-order valence-electron chi connectivity index (χ1n) is 7.98. The zero-order valence-electron chi connectivity index (χ0n) is 13.7. The molecule has 0 saturated heterocycles. The van der Waals surface area contributed by atoms with Gasteiger partial charge in [-0.25, -0.2) is 18.7 Å². The Morgan fingerprint density at radius 3 is 2.50 bits per heavy atom. The van der Waals surface area contributed by atoms with Gasteiger partial charge < -0.3 is 10.6 Å². The van der Waals surface area contributed by atoms with Crippen LogP contribution < -0.4 is 10.6 Å². The molecule has 0 fully saturated rings. The van der Waals surface area contributed by atoms with Gasteiger partial charge in [-0.05, 0) is 36.2 Å². The van der Waals surface area contributed by atoms with Crippen LogP contribution in [0.25, 0.3) is 0 Å². The lowest BCUT2D eigenvalue weighted by molar-refractivity contribution is 0.0953. The molecule has 2 N–H and O–H groups in total. The van der Waals surface area contributed by atoms with Gasteiger partial charge in [0, 0.05) is 24.6 Å². The molecule has 0 spiro atoms. The summed E-state index contributed by atoms with van der Waals surface area (Å²) in [6, 6.07) is 12.3. The molecule has 132 valence electrons. The van der Waals surface area contributed by atoms with Crippen molar-refractivity contribution in [1.29, 1.82) is 0 Å². The quantitative estimate of drug-likeness (QED) is 0.711. The summed E-state index contributed by atoms with van der Waals surface area (Å²) >= 11 is 0. The first-order valence-corrected chi connectivity index (χ1v) is 7.98. The third-order valence-electron chi connectivity index (χ3n) is 3.63.